The first-order valence-electron chi connectivity index (χ1n) is 35.3. The van der Waals surface area contributed by atoms with Crippen LogP contribution in [0.2, 0.25) is 0 Å². The summed E-state index contributed by atoms with van der Waals surface area (Å²) in [5, 5.41) is 8.86. The predicted octanol–water partition coefficient (Wildman–Crippen LogP) is 22.8. The van der Waals surface area contributed by atoms with E-state index in [0.29, 0.717) is 83.7 Å². The first-order valence-corrected chi connectivity index (χ1v) is 35.3. The molecule has 0 atom stereocenters. The Labute approximate surface area is 527 Å². The van der Waals surface area contributed by atoms with Gasteiger partial charge in [-0.05, 0) is 98.5 Å². The molecule has 482 valence electrons. The van der Waals surface area contributed by atoms with Gasteiger partial charge in [-0.15, -0.1) is 10.2 Å². The van der Waals surface area contributed by atoms with Crippen molar-refractivity contribution in [1.29, 1.82) is 0 Å². The summed E-state index contributed by atoms with van der Waals surface area (Å²) in [6, 6.07) is 25.2. The summed E-state index contributed by atoms with van der Waals surface area (Å²) in [6.07, 6.45) is 50.2. The van der Waals surface area contributed by atoms with E-state index in [1.807, 2.05) is 36.4 Å². The van der Waals surface area contributed by atoms with Crippen LogP contribution in [0.25, 0.3) is 22.8 Å². The van der Waals surface area contributed by atoms with Crippen molar-refractivity contribution >= 4 is 11.9 Å². The van der Waals surface area contributed by atoms with E-state index in [0.717, 1.165) is 62.5 Å². The minimum Gasteiger partial charge on any atom is -0.493 e. The third-order valence-electron chi connectivity index (χ3n) is 16.5. The van der Waals surface area contributed by atoms with Gasteiger partial charge in [-0.1, -0.05) is 259 Å². The fourth-order valence-electron chi connectivity index (χ4n) is 11.0. The van der Waals surface area contributed by atoms with Gasteiger partial charge < -0.3 is 33.4 Å². The molecule has 0 bridgehead atoms. The van der Waals surface area contributed by atoms with Gasteiger partial charge in [0.25, 0.3) is 0 Å². The zero-order valence-corrected chi connectivity index (χ0v) is 54.9. The SMILES string of the molecule is CCCCCCCCCCCCOc1cc(OCCCCCCCCCCCC)cc(C(=O)Oc2ccc(-c3nnc(-c4ccc(OC(=O)c5cc(OCCCCCCCCCCCC)cc(OCCCCCCCCCCCC)c5)cc4)[nH]3)cc2)c1. The lowest BCUT2D eigenvalue weighted by Crippen LogP contribution is -2.10. The van der Waals surface area contributed by atoms with E-state index in [1.165, 1.54) is 205 Å². The average Bonchev–Trinajstić information content (AvgIpc) is 3.82. The number of hydrogen-bond donors (Lipinski definition) is 1. The number of aromatic nitrogens is 3. The number of ether oxygens (including phenoxy) is 6. The number of hydrogen-bond acceptors (Lipinski definition) is 10. The van der Waals surface area contributed by atoms with E-state index >= 15 is 0 Å². The molecule has 11 nitrogen and oxygen atoms in total. The molecule has 1 heterocycles. The van der Waals surface area contributed by atoms with Gasteiger partial charge in [0.1, 0.15) is 34.5 Å². The van der Waals surface area contributed by atoms with Crippen LogP contribution in [-0.4, -0.2) is 53.5 Å². The Bertz CT molecular complexity index is 2260. The maximum absolute atomic E-state index is 13.7. The second-order valence-electron chi connectivity index (χ2n) is 24.4. The van der Waals surface area contributed by atoms with Crippen LogP contribution in [0.15, 0.2) is 84.9 Å². The van der Waals surface area contributed by atoms with Crippen molar-refractivity contribution in [2.75, 3.05) is 26.4 Å². The quantitative estimate of drug-likeness (QED) is 0.0228. The van der Waals surface area contributed by atoms with E-state index in [9.17, 15) is 9.59 Å². The minimum absolute atomic E-state index is 0.376. The van der Waals surface area contributed by atoms with Gasteiger partial charge in [0.05, 0.1) is 37.6 Å². The van der Waals surface area contributed by atoms with Crippen LogP contribution in [-0.2, 0) is 0 Å². The molecule has 5 aromatic rings. The number of nitrogens with one attached hydrogen (secondary N) is 1. The molecule has 5 rings (SSSR count). The minimum atomic E-state index is -0.488. The highest BCUT2D eigenvalue weighted by atomic mass is 16.5. The highest BCUT2D eigenvalue weighted by Crippen LogP contribution is 2.30. The topological polar surface area (TPSA) is 131 Å². The molecule has 1 N–H and O–H groups in total. The van der Waals surface area contributed by atoms with Gasteiger partial charge >= 0.3 is 11.9 Å². The van der Waals surface area contributed by atoms with Gasteiger partial charge in [-0.2, -0.15) is 0 Å². The average molecular weight is 1200 g/mol. The molecule has 87 heavy (non-hydrogen) atoms. The van der Waals surface area contributed by atoms with Crippen LogP contribution < -0.4 is 28.4 Å². The van der Waals surface area contributed by atoms with E-state index < -0.39 is 11.9 Å². The highest BCUT2D eigenvalue weighted by molar-refractivity contribution is 5.93. The van der Waals surface area contributed by atoms with Crippen LogP contribution in [0, 0.1) is 0 Å². The summed E-state index contributed by atoms with van der Waals surface area (Å²) in [4.78, 5) is 30.8. The largest absolute Gasteiger partial charge is 0.493 e. The van der Waals surface area contributed by atoms with Crippen molar-refractivity contribution < 1.29 is 38.0 Å². The number of carbonyl (C=O) groups is 2. The van der Waals surface area contributed by atoms with Crippen LogP contribution >= 0.6 is 0 Å². The second-order valence-corrected chi connectivity index (χ2v) is 24.4. The van der Waals surface area contributed by atoms with Crippen molar-refractivity contribution in [2.24, 2.45) is 0 Å². The molecule has 0 aliphatic rings. The Hall–Kier alpha value is -5.84. The molecule has 0 aliphatic carbocycles. The number of H-pyrrole nitrogens is 1. The monoisotopic (exact) mass is 1200 g/mol. The van der Waals surface area contributed by atoms with Gasteiger partial charge in [0, 0.05) is 23.3 Å². The smallest absolute Gasteiger partial charge is 0.343 e. The fourth-order valence-corrected chi connectivity index (χ4v) is 11.0. The Morgan fingerprint density at radius 3 is 0.736 bits per heavy atom. The number of carbonyl (C=O) groups excluding carboxylic acids is 2. The van der Waals surface area contributed by atoms with Crippen molar-refractivity contribution in [2.45, 2.75) is 285 Å². The Balaban J connectivity index is 1.13. The molecule has 1 aromatic heterocycles. The number of aromatic amines is 1. The first-order chi connectivity index (χ1) is 42.9. The van der Waals surface area contributed by atoms with Gasteiger partial charge in [0.2, 0.25) is 0 Å². The third-order valence-corrected chi connectivity index (χ3v) is 16.5. The lowest BCUT2D eigenvalue weighted by atomic mass is 10.1. The summed E-state index contributed by atoms with van der Waals surface area (Å²) in [6.45, 7) is 11.4. The zero-order chi connectivity index (χ0) is 61.5. The maximum atomic E-state index is 13.7. The number of unbranched alkanes of at least 4 members (excludes halogenated alkanes) is 36. The van der Waals surface area contributed by atoms with Crippen molar-refractivity contribution in [3.05, 3.63) is 96.1 Å². The van der Waals surface area contributed by atoms with Crippen molar-refractivity contribution in [3.63, 3.8) is 0 Å². The fraction of sp³-hybridized carbons (Fsp3) is 0.632. The van der Waals surface area contributed by atoms with Gasteiger partial charge in [-0.25, -0.2) is 9.59 Å². The molecule has 0 saturated heterocycles. The number of nitrogens with zero attached hydrogens (tertiary/aromatic N) is 2. The first kappa shape index (κ1) is 71.9. The molecular formula is C76H115N3O8. The summed E-state index contributed by atoms with van der Waals surface area (Å²) in [5.74, 6) is 3.37. The molecule has 0 unspecified atom stereocenters. The maximum Gasteiger partial charge on any atom is 0.343 e. The lowest BCUT2D eigenvalue weighted by molar-refractivity contribution is 0.0724. The van der Waals surface area contributed by atoms with Crippen molar-refractivity contribution in [1.82, 2.24) is 15.2 Å². The van der Waals surface area contributed by atoms with Gasteiger partial charge in [0.15, 0.2) is 11.6 Å². The second kappa shape index (κ2) is 47.2. The molecule has 0 aliphatic heterocycles. The van der Waals surface area contributed by atoms with E-state index in [4.69, 9.17) is 28.4 Å². The molecular weight excluding hydrogens is 1080 g/mol. The number of esters is 2. The number of benzene rings is 4. The Morgan fingerprint density at radius 1 is 0.287 bits per heavy atom. The predicted molar refractivity (Wildman–Crippen MR) is 359 cm³/mol. The molecule has 0 amide bonds. The van der Waals surface area contributed by atoms with Crippen LogP contribution in [0.3, 0.4) is 0 Å². The normalized spacial score (nSPS) is 11.3. The van der Waals surface area contributed by atoms with Crippen LogP contribution in [0.4, 0.5) is 0 Å². The molecule has 0 fully saturated rings. The molecule has 11 heteroatoms. The molecule has 0 saturated carbocycles. The lowest BCUT2D eigenvalue weighted by Gasteiger charge is -2.13. The summed E-state index contributed by atoms with van der Waals surface area (Å²) >= 11 is 0. The van der Waals surface area contributed by atoms with E-state index in [1.54, 1.807) is 48.5 Å². The molecule has 4 aromatic carbocycles. The summed E-state index contributed by atoms with van der Waals surface area (Å²) in [5.41, 5.74) is 2.29. The molecule has 0 spiro atoms. The van der Waals surface area contributed by atoms with E-state index in [2.05, 4.69) is 42.9 Å². The van der Waals surface area contributed by atoms with Crippen LogP contribution in [0.5, 0.6) is 34.5 Å². The Morgan fingerprint density at radius 2 is 0.506 bits per heavy atom. The number of rotatable bonds is 54. The van der Waals surface area contributed by atoms with Crippen molar-refractivity contribution in [3.8, 4) is 57.3 Å². The summed E-state index contributed by atoms with van der Waals surface area (Å²) < 4.78 is 36.8. The standard InChI is InChI=1S/C76H115N3O8/c1-5-9-13-17-21-25-29-33-37-41-53-82-69-57-65(58-70(61-69)83-54-42-38-34-30-26-22-18-14-10-6-2)75(80)86-67-49-45-63(46-50-67)73-77-74(79-78-73)64-47-51-68(52-48-64)87-76(81)66-59-71(84-55-43-39-35-31-27-23-19-15-11-7-3)62-72(60-66)85-56-44-40-36-32-28-24-20-16-12-8-4/h45-52,57-62H,5-44,53-56H2,1-4H3,(H,77,78,79). The highest BCUT2D eigenvalue weighted by Gasteiger charge is 2.17. The van der Waals surface area contributed by atoms with Gasteiger partial charge in [-0.3, -0.25) is 0 Å². The molecule has 0 radical (unpaired) electrons. The third kappa shape index (κ3) is 32.3. The zero-order valence-electron chi connectivity index (χ0n) is 54.9. The summed E-state index contributed by atoms with van der Waals surface area (Å²) in [7, 11) is 0. The van der Waals surface area contributed by atoms with E-state index in [-0.39, 0.29) is 0 Å². The Kier molecular flexibility index (Phi) is 39.0. The van der Waals surface area contributed by atoms with Crippen LogP contribution in [0.1, 0.15) is 305 Å².